The van der Waals surface area contributed by atoms with Crippen LogP contribution < -0.4 is 0 Å². The second-order valence-electron chi connectivity index (χ2n) is 9.68. The molecule has 0 fully saturated rings. The minimum atomic E-state index is 0.159. The maximum absolute atomic E-state index is 4.99. The number of pyridine rings is 1. The second kappa shape index (κ2) is 6.03. The van der Waals surface area contributed by atoms with Crippen LogP contribution in [0.3, 0.4) is 0 Å². The molecule has 0 radical (unpaired) electrons. The topological polar surface area (TPSA) is 12.9 Å². The first-order chi connectivity index (χ1) is 13.8. The van der Waals surface area contributed by atoms with E-state index in [4.69, 9.17) is 4.98 Å². The lowest BCUT2D eigenvalue weighted by Gasteiger charge is -2.23. The van der Waals surface area contributed by atoms with Crippen LogP contribution in [0.5, 0.6) is 0 Å². The average Bonchev–Trinajstić information content (AvgIpc) is 2.91. The van der Waals surface area contributed by atoms with Crippen molar-refractivity contribution in [3.63, 3.8) is 0 Å². The van der Waals surface area contributed by atoms with Gasteiger partial charge in [-0.2, -0.15) is 0 Å². The van der Waals surface area contributed by atoms with Gasteiger partial charge in [0, 0.05) is 17.0 Å². The van der Waals surface area contributed by atoms with E-state index in [2.05, 4.69) is 95.1 Å². The number of hydrogen-bond donors (Lipinski definition) is 0. The molecule has 29 heavy (non-hydrogen) atoms. The van der Waals surface area contributed by atoms with Crippen molar-refractivity contribution in [2.24, 2.45) is 0 Å². The Morgan fingerprint density at radius 3 is 2.28 bits per heavy atom. The number of rotatable bonds is 2. The molecule has 5 rings (SSSR count). The Morgan fingerprint density at radius 2 is 1.55 bits per heavy atom. The maximum atomic E-state index is 4.99. The molecule has 1 aliphatic rings. The zero-order valence-electron chi connectivity index (χ0n) is 17.7. The van der Waals surface area contributed by atoms with E-state index in [1.807, 2.05) is 6.08 Å². The fourth-order valence-electron chi connectivity index (χ4n) is 5.60. The van der Waals surface area contributed by atoms with Crippen LogP contribution in [0.4, 0.5) is 0 Å². The predicted molar refractivity (Wildman–Crippen MR) is 125 cm³/mol. The van der Waals surface area contributed by atoms with E-state index in [1.165, 1.54) is 38.4 Å². The van der Waals surface area contributed by atoms with E-state index in [0.717, 1.165) is 17.5 Å². The van der Waals surface area contributed by atoms with Crippen molar-refractivity contribution < 1.29 is 0 Å². The van der Waals surface area contributed by atoms with Crippen LogP contribution in [-0.4, -0.2) is 4.98 Å². The van der Waals surface area contributed by atoms with E-state index in [0.29, 0.717) is 0 Å². The minimum Gasteiger partial charge on any atom is -0.255 e. The molecule has 0 N–H and O–H groups in total. The van der Waals surface area contributed by atoms with Gasteiger partial charge in [0.2, 0.25) is 0 Å². The standard InChI is InChI=1S/C28H27N/c1-6-18-10-12-19(13-11-18)20-8-7-9-22-21(20)14-15-23-25-24(16-29-26(22)23)27(2,3)17-28(25,4)5/h6-16H,1,17H2,2-5H3. The molecule has 4 aromatic rings. The van der Waals surface area contributed by atoms with Gasteiger partial charge in [0.15, 0.2) is 0 Å². The Kier molecular flexibility index (Phi) is 3.77. The Labute approximate surface area is 173 Å². The van der Waals surface area contributed by atoms with E-state index in [-0.39, 0.29) is 10.8 Å². The SMILES string of the molecule is C=Cc1ccc(-c2cccc3c2ccc2c4c(cnc23)C(C)(C)CC4(C)C)cc1. The van der Waals surface area contributed by atoms with Crippen molar-refractivity contribution in [3.05, 3.63) is 84.1 Å². The third kappa shape index (κ3) is 2.64. The summed E-state index contributed by atoms with van der Waals surface area (Å²) >= 11 is 0. The van der Waals surface area contributed by atoms with Crippen molar-refractivity contribution >= 4 is 27.8 Å². The molecule has 0 spiro atoms. The molecule has 0 unspecified atom stereocenters. The molecule has 144 valence electrons. The van der Waals surface area contributed by atoms with E-state index < -0.39 is 0 Å². The normalized spacial score (nSPS) is 16.8. The molecule has 0 bridgehead atoms. The van der Waals surface area contributed by atoms with Gasteiger partial charge in [-0.3, -0.25) is 4.98 Å². The first kappa shape index (κ1) is 18.1. The van der Waals surface area contributed by atoms with Crippen molar-refractivity contribution in [3.8, 4) is 11.1 Å². The number of nitrogens with zero attached hydrogens (tertiary/aromatic N) is 1. The highest BCUT2D eigenvalue weighted by atomic mass is 14.7. The molecule has 3 aromatic carbocycles. The molecule has 1 aromatic heterocycles. The van der Waals surface area contributed by atoms with Gasteiger partial charge in [0.1, 0.15) is 0 Å². The van der Waals surface area contributed by atoms with Crippen molar-refractivity contribution in [2.45, 2.75) is 44.9 Å². The molecule has 0 aliphatic heterocycles. The number of benzene rings is 3. The molecular weight excluding hydrogens is 350 g/mol. The molecular formula is C28H27N. The lowest BCUT2D eigenvalue weighted by Crippen LogP contribution is -2.18. The summed E-state index contributed by atoms with van der Waals surface area (Å²) in [4.78, 5) is 4.99. The monoisotopic (exact) mass is 377 g/mol. The molecule has 0 atom stereocenters. The third-order valence-corrected chi connectivity index (χ3v) is 6.64. The van der Waals surface area contributed by atoms with Crippen molar-refractivity contribution in [1.82, 2.24) is 4.98 Å². The van der Waals surface area contributed by atoms with Crippen LogP contribution in [0.15, 0.2) is 67.4 Å². The Balaban J connectivity index is 1.80. The summed E-state index contributed by atoms with van der Waals surface area (Å²) in [6.07, 6.45) is 5.18. The molecule has 0 amide bonds. The average molecular weight is 378 g/mol. The summed E-state index contributed by atoms with van der Waals surface area (Å²) in [5, 5.41) is 3.80. The quantitative estimate of drug-likeness (QED) is 0.327. The predicted octanol–water partition coefficient (Wildman–Crippen LogP) is 7.66. The number of hydrogen-bond acceptors (Lipinski definition) is 1. The van der Waals surface area contributed by atoms with E-state index >= 15 is 0 Å². The van der Waals surface area contributed by atoms with Gasteiger partial charge in [-0.05, 0) is 50.5 Å². The van der Waals surface area contributed by atoms with E-state index in [9.17, 15) is 0 Å². The highest BCUT2D eigenvalue weighted by Crippen LogP contribution is 2.51. The Hall–Kier alpha value is -2.93. The summed E-state index contributed by atoms with van der Waals surface area (Å²) in [5.41, 5.74) is 7.96. The van der Waals surface area contributed by atoms with Crippen molar-refractivity contribution in [1.29, 1.82) is 0 Å². The smallest absolute Gasteiger partial charge is 0.0783 e. The van der Waals surface area contributed by atoms with Gasteiger partial charge in [-0.15, -0.1) is 0 Å². The summed E-state index contributed by atoms with van der Waals surface area (Å²) < 4.78 is 0. The summed E-state index contributed by atoms with van der Waals surface area (Å²) in [7, 11) is 0. The fourth-order valence-corrected chi connectivity index (χ4v) is 5.60. The van der Waals surface area contributed by atoms with Gasteiger partial charge < -0.3 is 0 Å². The van der Waals surface area contributed by atoms with Crippen LogP contribution in [0.25, 0.3) is 38.9 Å². The second-order valence-corrected chi connectivity index (χ2v) is 9.68. The maximum Gasteiger partial charge on any atom is 0.0783 e. The Bertz CT molecular complexity index is 1270. The first-order valence-electron chi connectivity index (χ1n) is 10.4. The van der Waals surface area contributed by atoms with Crippen LogP contribution in [0, 0.1) is 0 Å². The van der Waals surface area contributed by atoms with Crippen molar-refractivity contribution in [2.75, 3.05) is 0 Å². The highest BCUT2D eigenvalue weighted by Gasteiger charge is 2.43. The van der Waals surface area contributed by atoms with Crippen LogP contribution in [0.1, 0.15) is 50.8 Å². The molecule has 1 nitrogen and oxygen atoms in total. The minimum absolute atomic E-state index is 0.159. The van der Waals surface area contributed by atoms with Gasteiger partial charge in [-0.1, -0.05) is 94.9 Å². The lowest BCUT2D eigenvalue weighted by atomic mass is 9.81. The molecule has 0 saturated carbocycles. The number of fused-ring (bicyclic) bond motifs is 5. The van der Waals surface area contributed by atoms with Crippen LogP contribution in [0.2, 0.25) is 0 Å². The lowest BCUT2D eigenvalue weighted by molar-refractivity contribution is 0.404. The van der Waals surface area contributed by atoms with Crippen LogP contribution >= 0.6 is 0 Å². The zero-order valence-corrected chi connectivity index (χ0v) is 17.7. The highest BCUT2D eigenvalue weighted by molar-refractivity contribution is 6.11. The summed E-state index contributed by atoms with van der Waals surface area (Å²) in [5.74, 6) is 0. The van der Waals surface area contributed by atoms with E-state index in [1.54, 1.807) is 0 Å². The fraction of sp³-hybridized carbons (Fsp3) is 0.250. The summed E-state index contributed by atoms with van der Waals surface area (Å²) in [6.45, 7) is 13.3. The van der Waals surface area contributed by atoms with Gasteiger partial charge in [-0.25, -0.2) is 0 Å². The molecule has 1 heterocycles. The molecule has 1 heteroatoms. The van der Waals surface area contributed by atoms with Gasteiger partial charge >= 0.3 is 0 Å². The number of aromatic nitrogens is 1. The zero-order chi connectivity index (χ0) is 20.4. The Morgan fingerprint density at radius 1 is 0.828 bits per heavy atom. The molecule has 0 saturated heterocycles. The summed E-state index contributed by atoms with van der Waals surface area (Å²) in [6, 6.07) is 19.8. The third-order valence-electron chi connectivity index (χ3n) is 6.64. The first-order valence-corrected chi connectivity index (χ1v) is 10.4. The molecule has 1 aliphatic carbocycles. The van der Waals surface area contributed by atoms with Gasteiger partial charge in [0.25, 0.3) is 0 Å². The van der Waals surface area contributed by atoms with Crippen LogP contribution in [-0.2, 0) is 10.8 Å². The van der Waals surface area contributed by atoms with Gasteiger partial charge in [0.05, 0.1) is 5.52 Å². The largest absolute Gasteiger partial charge is 0.255 e.